The fraction of sp³-hybridized carbons (Fsp3) is 0.360. The number of hydrogen-bond donors (Lipinski definition) is 1. The lowest BCUT2D eigenvalue weighted by molar-refractivity contribution is 0.0767. The lowest BCUT2D eigenvalue weighted by Crippen LogP contribution is -2.35. The van der Waals surface area contributed by atoms with Crippen molar-refractivity contribution in [3.8, 4) is 6.07 Å². The molecule has 1 amide bonds. The highest BCUT2D eigenvalue weighted by Crippen LogP contribution is 2.19. The molecule has 0 aliphatic carbocycles. The van der Waals surface area contributed by atoms with Gasteiger partial charge in [-0.25, -0.2) is 0 Å². The van der Waals surface area contributed by atoms with E-state index >= 15 is 0 Å². The second kappa shape index (κ2) is 10.6. The summed E-state index contributed by atoms with van der Waals surface area (Å²) in [6.45, 7) is 3.81. The molecule has 1 saturated heterocycles. The molecule has 1 aromatic heterocycles. The summed E-state index contributed by atoms with van der Waals surface area (Å²) >= 11 is 5.39. The Morgan fingerprint density at radius 1 is 1.15 bits per heavy atom. The Morgan fingerprint density at radius 3 is 2.68 bits per heavy atom. The van der Waals surface area contributed by atoms with Crippen molar-refractivity contribution >= 4 is 34.7 Å². The average molecular weight is 478 g/mol. The Bertz CT molecular complexity index is 1340. The molecular weight excluding hydrogens is 450 g/mol. The second-order valence-electron chi connectivity index (χ2n) is 8.29. The molecule has 1 aliphatic rings. The van der Waals surface area contributed by atoms with Crippen LogP contribution in [0.25, 0.3) is 10.9 Å². The third-order valence-electron chi connectivity index (χ3n) is 6.10. The zero-order chi connectivity index (χ0) is 24.1. The number of fused-ring (bicyclic) bond motifs is 1. The Balaban J connectivity index is 1.51. The number of aromatic amines is 1. The highest BCUT2D eigenvalue weighted by Gasteiger charge is 2.21. The number of aromatic nitrogens is 2. The molecule has 2 heterocycles. The first-order chi connectivity index (χ1) is 16.5. The lowest BCUT2D eigenvalue weighted by Gasteiger charge is -2.24. The van der Waals surface area contributed by atoms with Gasteiger partial charge in [-0.15, -0.1) is 0 Å². The van der Waals surface area contributed by atoms with Crippen molar-refractivity contribution in [1.82, 2.24) is 14.5 Å². The number of H-pyrrole nitrogens is 1. The van der Waals surface area contributed by atoms with Gasteiger partial charge in [-0.3, -0.25) is 14.2 Å². The van der Waals surface area contributed by atoms with Crippen LogP contribution in [-0.2, 0) is 11.3 Å². The van der Waals surface area contributed by atoms with Gasteiger partial charge in [-0.1, -0.05) is 0 Å². The van der Waals surface area contributed by atoms with Crippen molar-refractivity contribution in [3.05, 3.63) is 68.7 Å². The summed E-state index contributed by atoms with van der Waals surface area (Å²) in [6, 6.07) is 14.8. The molecule has 0 atom stereocenters. The number of benzene rings is 2. The van der Waals surface area contributed by atoms with E-state index in [9.17, 15) is 9.59 Å². The van der Waals surface area contributed by atoms with Crippen molar-refractivity contribution in [2.45, 2.75) is 19.4 Å². The Labute approximate surface area is 203 Å². The maximum atomic E-state index is 13.3. The van der Waals surface area contributed by atoms with Crippen LogP contribution < -0.4 is 10.5 Å². The summed E-state index contributed by atoms with van der Waals surface area (Å²) in [5.41, 5.74) is 2.61. The van der Waals surface area contributed by atoms with E-state index in [2.05, 4.69) is 16.0 Å². The zero-order valence-corrected chi connectivity index (χ0v) is 19.9. The number of rotatable bonds is 6. The molecule has 0 bridgehead atoms. The number of methoxy groups -OCH3 is 1. The van der Waals surface area contributed by atoms with E-state index in [4.69, 9.17) is 22.2 Å². The molecule has 34 heavy (non-hydrogen) atoms. The summed E-state index contributed by atoms with van der Waals surface area (Å²) < 4.78 is 6.94. The normalized spacial score (nSPS) is 14.1. The minimum atomic E-state index is -0.165. The van der Waals surface area contributed by atoms with E-state index in [1.54, 1.807) is 25.3 Å². The van der Waals surface area contributed by atoms with Crippen LogP contribution in [-0.4, -0.2) is 60.3 Å². The highest BCUT2D eigenvalue weighted by molar-refractivity contribution is 7.71. The monoisotopic (exact) mass is 477 g/mol. The quantitative estimate of drug-likeness (QED) is 0.432. The molecule has 9 heteroatoms. The van der Waals surface area contributed by atoms with Gasteiger partial charge in [-0.2, -0.15) is 5.26 Å². The van der Waals surface area contributed by atoms with Gasteiger partial charge >= 0.3 is 0 Å². The van der Waals surface area contributed by atoms with Crippen LogP contribution in [0.2, 0.25) is 0 Å². The SMILES string of the molecule is COCCCn1c(=S)[nH]c2cc(C(=O)N3CCCN(c4ccc(C#N)cc4)CC3)ccc2c1=O. The van der Waals surface area contributed by atoms with Crippen LogP contribution in [0.5, 0.6) is 0 Å². The molecule has 0 radical (unpaired) electrons. The van der Waals surface area contributed by atoms with Crippen molar-refractivity contribution in [1.29, 1.82) is 5.26 Å². The number of ether oxygens (including phenoxy) is 1. The Hall–Kier alpha value is -3.48. The minimum Gasteiger partial charge on any atom is -0.385 e. The molecule has 1 N–H and O–H groups in total. The van der Waals surface area contributed by atoms with Crippen LogP contribution in [0.15, 0.2) is 47.3 Å². The fourth-order valence-electron chi connectivity index (χ4n) is 4.27. The van der Waals surface area contributed by atoms with Crippen LogP contribution in [0.1, 0.15) is 28.8 Å². The summed E-state index contributed by atoms with van der Waals surface area (Å²) in [5.74, 6) is -0.0628. The van der Waals surface area contributed by atoms with Gasteiger partial charge in [0, 0.05) is 57.7 Å². The molecule has 176 valence electrons. The topological polar surface area (TPSA) is 94.4 Å². The van der Waals surface area contributed by atoms with Crippen LogP contribution >= 0.6 is 12.2 Å². The van der Waals surface area contributed by atoms with Gasteiger partial charge in [0.1, 0.15) is 0 Å². The molecule has 0 saturated carbocycles. The first-order valence-corrected chi connectivity index (χ1v) is 11.7. The zero-order valence-electron chi connectivity index (χ0n) is 19.1. The molecule has 0 spiro atoms. The largest absolute Gasteiger partial charge is 0.385 e. The van der Waals surface area contributed by atoms with Gasteiger partial charge in [0.15, 0.2) is 4.77 Å². The number of anilines is 1. The second-order valence-corrected chi connectivity index (χ2v) is 8.67. The third kappa shape index (κ3) is 5.03. The van der Waals surface area contributed by atoms with Crippen LogP contribution in [0.4, 0.5) is 5.69 Å². The van der Waals surface area contributed by atoms with E-state index in [-0.39, 0.29) is 11.5 Å². The number of carbonyl (C=O) groups excluding carboxylic acids is 1. The van der Waals surface area contributed by atoms with Gasteiger partial charge < -0.3 is 19.5 Å². The maximum absolute atomic E-state index is 13.3. The number of nitrogens with one attached hydrogen (secondary N) is 1. The van der Waals surface area contributed by atoms with E-state index in [1.165, 1.54) is 4.57 Å². The molecule has 3 aromatic rings. The van der Waals surface area contributed by atoms with E-state index in [1.807, 2.05) is 29.2 Å². The number of nitriles is 1. The summed E-state index contributed by atoms with van der Waals surface area (Å²) in [4.78, 5) is 33.4. The van der Waals surface area contributed by atoms with Crippen LogP contribution in [0.3, 0.4) is 0 Å². The molecule has 2 aromatic carbocycles. The fourth-order valence-corrected chi connectivity index (χ4v) is 4.55. The first-order valence-electron chi connectivity index (χ1n) is 11.3. The van der Waals surface area contributed by atoms with Gasteiger partial charge in [-0.05, 0) is 67.5 Å². The van der Waals surface area contributed by atoms with E-state index < -0.39 is 0 Å². The van der Waals surface area contributed by atoms with Gasteiger partial charge in [0.2, 0.25) is 0 Å². The van der Waals surface area contributed by atoms with Crippen molar-refractivity contribution in [2.24, 2.45) is 0 Å². The van der Waals surface area contributed by atoms with E-state index in [0.29, 0.717) is 66.0 Å². The minimum absolute atomic E-state index is 0.0628. The maximum Gasteiger partial charge on any atom is 0.262 e. The van der Waals surface area contributed by atoms with Gasteiger partial charge in [0.25, 0.3) is 11.5 Å². The number of amides is 1. The van der Waals surface area contributed by atoms with Crippen LogP contribution in [0, 0.1) is 16.1 Å². The number of nitrogens with zero attached hydrogens (tertiary/aromatic N) is 4. The third-order valence-corrected chi connectivity index (χ3v) is 6.43. The van der Waals surface area contributed by atoms with Crippen molar-refractivity contribution < 1.29 is 9.53 Å². The molecule has 1 aliphatic heterocycles. The Kier molecular flexibility index (Phi) is 7.40. The number of carbonyl (C=O) groups is 1. The van der Waals surface area contributed by atoms with Crippen molar-refractivity contribution in [3.63, 3.8) is 0 Å². The summed E-state index contributed by atoms with van der Waals surface area (Å²) in [7, 11) is 1.62. The van der Waals surface area contributed by atoms with Crippen molar-refractivity contribution in [2.75, 3.05) is 44.8 Å². The first kappa shape index (κ1) is 23.7. The molecular formula is C25H27N5O3S. The molecule has 1 fully saturated rings. The van der Waals surface area contributed by atoms with Gasteiger partial charge in [0.05, 0.1) is 22.5 Å². The smallest absolute Gasteiger partial charge is 0.262 e. The standard InChI is InChI=1S/C25H27N5O3S/c1-33-15-3-12-30-24(32)21-9-6-19(16-22(21)27-25(30)34)23(31)29-11-2-10-28(13-14-29)20-7-4-18(17-26)5-8-20/h4-9,16H,2-3,10-15H2,1H3,(H,27,34). The summed E-state index contributed by atoms with van der Waals surface area (Å²) in [5, 5.41) is 9.51. The number of hydrogen-bond acceptors (Lipinski definition) is 6. The molecule has 4 rings (SSSR count). The summed E-state index contributed by atoms with van der Waals surface area (Å²) in [6.07, 6.45) is 1.53. The predicted octanol–water partition coefficient (Wildman–Crippen LogP) is 3.32. The predicted molar refractivity (Wildman–Crippen MR) is 134 cm³/mol. The Morgan fingerprint density at radius 2 is 1.94 bits per heavy atom. The van der Waals surface area contributed by atoms with E-state index in [0.717, 1.165) is 18.7 Å². The lowest BCUT2D eigenvalue weighted by atomic mass is 10.1. The highest BCUT2D eigenvalue weighted by atomic mass is 32.1. The average Bonchev–Trinajstić information content (AvgIpc) is 3.12. The molecule has 0 unspecified atom stereocenters. The molecule has 8 nitrogen and oxygen atoms in total.